The Kier molecular flexibility index (Phi) is 3.02. The highest BCUT2D eigenvalue weighted by Gasteiger charge is 2.01. The van der Waals surface area contributed by atoms with E-state index in [1.54, 1.807) is 6.20 Å². The lowest BCUT2D eigenvalue weighted by Gasteiger charge is -2.08. The first-order chi connectivity index (χ1) is 9.33. The van der Waals surface area contributed by atoms with E-state index in [0.29, 0.717) is 6.61 Å². The minimum atomic E-state index is 0.463. The minimum absolute atomic E-state index is 0.463. The van der Waals surface area contributed by atoms with Crippen LogP contribution in [-0.2, 0) is 6.61 Å². The molecule has 0 aliphatic heterocycles. The Hall–Kier alpha value is -2.55. The van der Waals surface area contributed by atoms with E-state index in [-0.39, 0.29) is 0 Å². The van der Waals surface area contributed by atoms with Gasteiger partial charge >= 0.3 is 0 Å². The summed E-state index contributed by atoms with van der Waals surface area (Å²) in [5.74, 6) is 0.800. The highest BCUT2D eigenvalue weighted by Crippen LogP contribution is 2.20. The number of nitrogen functional groups attached to an aromatic ring is 1. The molecule has 0 fully saturated rings. The third-order valence-electron chi connectivity index (χ3n) is 3.03. The second kappa shape index (κ2) is 4.98. The van der Waals surface area contributed by atoms with Gasteiger partial charge in [0.25, 0.3) is 0 Å². The maximum Gasteiger partial charge on any atom is 0.122 e. The number of pyridine rings is 1. The summed E-state index contributed by atoms with van der Waals surface area (Å²) in [7, 11) is 0. The zero-order valence-electron chi connectivity index (χ0n) is 10.4. The Labute approximate surface area is 111 Å². The number of benzene rings is 2. The molecule has 2 aromatic carbocycles. The van der Waals surface area contributed by atoms with Gasteiger partial charge < -0.3 is 10.5 Å². The molecule has 1 aromatic heterocycles. The van der Waals surface area contributed by atoms with Crippen molar-refractivity contribution in [2.24, 2.45) is 0 Å². The molecule has 0 saturated carbocycles. The van der Waals surface area contributed by atoms with E-state index in [1.165, 1.54) is 0 Å². The van der Waals surface area contributed by atoms with Crippen LogP contribution in [0.2, 0.25) is 0 Å². The summed E-state index contributed by atoms with van der Waals surface area (Å²) >= 11 is 0. The van der Waals surface area contributed by atoms with Crippen molar-refractivity contribution in [2.45, 2.75) is 6.61 Å². The van der Waals surface area contributed by atoms with Gasteiger partial charge in [-0.15, -0.1) is 0 Å². The number of hydrogen-bond donors (Lipinski definition) is 1. The van der Waals surface area contributed by atoms with E-state index in [0.717, 1.165) is 27.9 Å². The number of nitrogens with two attached hydrogens (primary N) is 1. The number of ether oxygens (including phenoxy) is 1. The topological polar surface area (TPSA) is 48.1 Å². The molecule has 0 amide bonds. The van der Waals surface area contributed by atoms with E-state index in [4.69, 9.17) is 10.5 Å². The zero-order chi connectivity index (χ0) is 13.1. The molecular weight excluding hydrogens is 236 g/mol. The summed E-state index contributed by atoms with van der Waals surface area (Å²) in [6, 6.07) is 17.6. The lowest BCUT2D eigenvalue weighted by molar-refractivity contribution is 0.307. The summed E-state index contributed by atoms with van der Waals surface area (Å²) in [5.41, 5.74) is 8.56. The van der Waals surface area contributed by atoms with Gasteiger partial charge in [0.05, 0.1) is 5.52 Å². The highest BCUT2D eigenvalue weighted by molar-refractivity contribution is 5.79. The molecule has 3 aromatic rings. The lowest BCUT2D eigenvalue weighted by Crippen LogP contribution is -1.99. The Balaban J connectivity index is 1.80. The molecule has 94 valence electrons. The molecule has 3 nitrogen and oxygen atoms in total. The van der Waals surface area contributed by atoms with Crippen LogP contribution in [0.15, 0.2) is 60.8 Å². The minimum Gasteiger partial charge on any atom is -0.489 e. The molecular formula is C16H14N2O. The molecule has 0 radical (unpaired) electrons. The summed E-state index contributed by atoms with van der Waals surface area (Å²) in [6.45, 7) is 0.463. The standard InChI is InChI=1S/C16H14N2O/c17-15-6-2-1-4-13(15)11-19-14-8-7-12-5-3-9-18-16(12)10-14/h1-10H,11,17H2. The fourth-order valence-corrected chi connectivity index (χ4v) is 1.96. The molecule has 0 atom stereocenters. The van der Waals surface area contributed by atoms with Gasteiger partial charge in [-0.1, -0.05) is 24.3 Å². The van der Waals surface area contributed by atoms with Crippen LogP contribution in [0.1, 0.15) is 5.56 Å². The number of aromatic nitrogens is 1. The number of fused-ring (bicyclic) bond motifs is 1. The van der Waals surface area contributed by atoms with Gasteiger partial charge in [-0.05, 0) is 24.3 Å². The van der Waals surface area contributed by atoms with Crippen LogP contribution in [-0.4, -0.2) is 4.98 Å². The smallest absolute Gasteiger partial charge is 0.122 e. The van der Waals surface area contributed by atoms with E-state index < -0.39 is 0 Å². The monoisotopic (exact) mass is 250 g/mol. The fourth-order valence-electron chi connectivity index (χ4n) is 1.96. The molecule has 0 bridgehead atoms. The van der Waals surface area contributed by atoms with Crippen LogP contribution in [0.3, 0.4) is 0 Å². The fraction of sp³-hybridized carbons (Fsp3) is 0.0625. The summed E-state index contributed by atoms with van der Waals surface area (Å²) in [5, 5.41) is 1.11. The molecule has 2 N–H and O–H groups in total. The molecule has 3 rings (SSSR count). The molecule has 0 aliphatic rings. The van der Waals surface area contributed by atoms with Crippen LogP contribution >= 0.6 is 0 Å². The first kappa shape index (κ1) is 11.5. The van der Waals surface area contributed by atoms with Crippen LogP contribution < -0.4 is 10.5 Å². The first-order valence-electron chi connectivity index (χ1n) is 6.14. The van der Waals surface area contributed by atoms with Crippen molar-refractivity contribution in [3.05, 3.63) is 66.4 Å². The van der Waals surface area contributed by atoms with Crippen LogP contribution in [0.4, 0.5) is 5.69 Å². The van der Waals surface area contributed by atoms with Gasteiger partial charge in [0, 0.05) is 28.9 Å². The molecule has 19 heavy (non-hydrogen) atoms. The number of para-hydroxylation sites is 1. The predicted molar refractivity (Wildman–Crippen MR) is 76.9 cm³/mol. The third kappa shape index (κ3) is 2.50. The number of rotatable bonds is 3. The van der Waals surface area contributed by atoms with Crippen LogP contribution in [0, 0.1) is 0 Å². The van der Waals surface area contributed by atoms with Gasteiger partial charge in [0.1, 0.15) is 12.4 Å². The maximum atomic E-state index is 5.88. The zero-order valence-corrected chi connectivity index (χ0v) is 10.4. The SMILES string of the molecule is Nc1ccccc1COc1ccc2cccnc2c1. The number of nitrogens with zero attached hydrogens (tertiary/aromatic N) is 1. The van der Waals surface area contributed by atoms with Crippen molar-refractivity contribution in [3.8, 4) is 5.75 Å². The Morgan fingerprint density at radius 2 is 1.89 bits per heavy atom. The second-order valence-corrected chi connectivity index (χ2v) is 4.35. The molecule has 0 saturated heterocycles. The van der Waals surface area contributed by atoms with Gasteiger partial charge in [0.15, 0.2) is 0 Å². The van der Waals surface area contributed by atoms with Gasteiger partial charge in [-0.3, -0.25) is 4.98 Å². The van der Waals surface area contributed by atoms with Crippen LogP contribution in [0.25, 0.3) is 10.9 Å². The molecule has 0 unspecified atom stereocenters. The van der Waals surface area contributed by atoms with E-state index in [9.17, 15) is 0 Å². The van der Waals surface area contributed by atoms with Crippen molar-refractivity contribution in [1.29, 1.82) is 0 Å². The summed E-state index contributed by atoms with van der Waals surface area (Å²) in [4.78, 5) is 4.31. The normalized spacial score (nSPS) is 10.5. The summed E-state index contributed by atoms with van der Waals surface area (Å²) < 4.78 is 5.76. The van der Waals surface area contributed by atoms with Crippen molar-refractivity contribution in [1.82, 2.24) is 4.98 Å². The molecule has 1 heterocycles. The van der Waals surface area contributed by atoms with Crippen molar-refractivity contribution >= 4 is 16.6 Å². The maximum absolute atomic E-state index is 5.88. The molecule has 0 spiro atoms. The number of hydrogen-bond acceptors (Lipinski definition) is 3. The van der Waals surface area contributed by atoms with Gasteiger partial charge in [-0.25, -0.2) is 0 Å². The molecule has 0 aliphatic carbocycles. The quantitative estimate of drug-likeness (QED) is 0.725. The number of anilines is 1. The van der Waals surface area contributed by atoms with Gasteiger partial charge in [-0.2, -0.15) is 0 Å². The average molecular weight is 250 g/mol. The van der Waals surface area contributed by atoms with E-state index >= 15 is 0 Å². The van der Waals surface area contributed by atoms with E-state index in [1.807, 2.05) is 54.6 Å². The largest absolute Gasteiger partial charge is 0.489 e. The second-order valence-electron chi connectivity index (χ2n) is 4.35. The predicted octanol–water partition coefficient (Wildman–Crippen LogP) is 3.40. The van der Waals surface area contributed by atoms with Gasteiger partial charge in [0.2, 0.25) is 0 Å². The van der Waals surface area contributed by atoms with Crippen molar-refractivity contribution in [3.63, 3.8) is 0 Å². The Morgan fingerprint density at radius 1 is 1.00 bits per heavy atom. The Bertz CT molecular complexity index is 710. The van der Waals surface area contributed by atoms with Crippen molar-refractivity contribution < 1.29 is 4.74 Å². The lowest BCUT2D eigenvalue weighted by atomic mass is 10.2. The van der Waals surface area contributed by atoms with E-state index in [2.05, 4.69) is 4.98 Å². The first-order valence-corrected chi connectivity index (χ1v) is 6.14. The average Bonchev–Trinajstić information content (AvgIpc) is 2.46. The highest BCUT2D eigenvalue weighted by atomic mass is 16.5. The molecule has 3 heteroatoms. The van der Waals surface area contributed by atoms with Crippen molar-refractivity contribution in [2.75, 3.05) is 5.73 Å². The van der Waals surface area contributed by atoms with Crippen LogP contribution in [0.5, 0.6) is 5.75 Å². The Morgan fingerprint density at radius 3 is 2.79 bits per heavy atom. The summed E-state index contributed by atoms with van der Waals surface area (Å²) in [6.07, 6.45) is 1.78. The third-order valence-corrected chi connectivity index (χ3v) is 3.03.